The highest BCUT2D eigenvalue weighted by Gasteiger charge is 2.20. The zero-order valence-electron chi connectivity index (χ0n) is 22.1. The van der Waals surface area contributed by atoms with Gasteiger partial charge in [0, 0.05) is 53.8 Å². The van der Waals surface area contributed by atoms with Gasteiger partial charge in [-0.1, -0.05) is 5.92 Å². The number of benzene rings is 2. The van der Waals surface area contributed by atoms with Crippen LogP contribution in [0.15, 0.2) is 65.7 Å². The lowest BCUT2D eigenvalue weighted by molar-refractivity contribution is 0.307. The molecule has 3 heterocycles. The molecule has 1 fully saturated rings. The van der Waals surface area contributed by atoms with Crippen LogP contribution in [0.25, 0.3) is 0 Å². The fourth-order valence-electron chi connectivity index (χ4n) is 4.64. The Labute approximate surface area is 233 Å². The molecule has 0 bridgehead atoms. The number of halogens is 1. The van der Waals surface area contributed by atoms with Crippen molar-refractivity contribution in [3.05, 3.63) is 89.1 Å². The van der Waals surface area contributed by atoms with Crippen molar-refractivity contribution in [1.82, 2.24) is 24.6 Å². The van der Waals surface area contributed by atoms with E-state index in [2.05, 4.69) is 67.1 Å². The average Bonchev–Trinajstić information content (AvgIpc) is 3.23. The molecule has 0 saturated carbocycles. The van der Waals surface area contributed by atoms with Gasteiger partial charge >= 0.3 is 0 Å². The normalized spacial score (nSPS) is 14.2. The summed E-state index contributed by atoms with van der Waals surface area (Å²) in [6.45, 7) is 7.09. The highest BCUT2D eigenvalue weighted by Crippen LogP contribution is 2.28. The maximum absolute atomic E-state index is 13.1. The third kappa shape index (κ3) is 6.98. The molecular weight excluding hydrogens is 509 g/mol. The van der Waals surface area contributed by atoms with Crippen LogP contribution in [0.3, 0.4) is 0 Å². The molecule has 7 nitrogen and oxygen atoms in total. The number of aromatic amines is 1. The summed E-state index contributed by atoms with van der Waals surface area (Å²) in [6, 6.07) is 16.7. The molecule has 0 radical (unpaired) electrons. The fourth-order valence-corrected chi connectivity index (χ4v) is 5.59. The zero-order chi connectivity index (χ0) is 27.2. The predicted molar refractivity (Wildman–Crippen MR) is 157 cm³/mol. The van der Waals surface area contributed by atoms with E-state index in [0.29, 0.717) is 17.8 Å². The summed E-state index contributed by atoms with van der Waals surface area (Å²) in [5.74, 6) is 3.57. The maximum Gasteiger partial charge on any atom is 0.229 e. The van der Waals surface area contributed by atoms with Crippen LogP contribution in [0.2, 0.25) is 0 Å². The molecule has 1 aliphatic heterocycles. The minimum Gasteiger partial charge on any atom is -0.352 e. The van der Waals surface area contributed by atoms with E-state index in [1.807, 2.05) is 12.1 Å². The van der Waals surface area contributed by atoms with Gasteiger partial charge in [-0.3, -0.25) is 0 Å². The smallest absolute Gasteiger partial charge is 0.229 e. The van der Waals surface area contributed by atoms with Gasteiger partial charge in [-0.2, -0.15) is 4.98 Å². The third-order valence-electron chi connectivity index (χ3n) is 6.88. The number of nitrogens with zero attached hydrogens (tertiary/aromatic N) is 3. The van der Waals surface area contributed by atoms with E-state index in [1.165, 1.54) is 28.2 Å². The molecule has 39 heavy (non-hydrogen) atoms. The summed E-state index contributed by atoms with van der Waals surface area (Å²) in [4.78, 5) is 13.3. The molecular formula is C30H32FN7S. The maximum atomic E-state index is 13.1. The largest absolute Gasteiger partial charge is 0.352 e. The Kier molecular flexibility index (Phi) is 8.47. The van der Waals surface area contributed by atoms with E-state index in [9.17, 15) is 4.39 Å². The number of anilines is 4. The molecule has 1 aliphatic rings. The second-order valence-corrected chi connectivity index (χ2v) is 10.8. The molecule has 0 unspecified atom stereocenters. The molecule has 2 aromatic heterocycles. The van der Waals surface area contributed by atoms with Gasteiger partial charge in [0.15, 0.2) is 0 Å². The molecule has 4 aromatic rings. The Morgan fingerprint density at radius 1 is 1.03 bits per heavy atom. The molecule has 0 amide bonds. The minimum absolute atomic E-state index is 0.276. The van der Waals surface area contributed by atoms with E-state index in [0.717, 1.165) is 55.2 Å². The SMILES string of the molecule is C#Cc1[nH]c(C)c(CNC2CCN(Sc3ccc(Nc4nccc(Nc5ccc(F)cc5)n4)cc3)CC2)c1C. The number of nitrogens with one attached hydrogen (secondary N) is 4. The van der Waals surface area contributed by atoms with Crippen LogP contribution >= 0.6 is 11.9 Å². The zero-order valence-corrected chi connectivity index (χ0v) is 22.9. The molecule has 0 atom stereocenters. The van der Waals surface area contributed by atoms with Gasteiger partial charge in [-0.25, -0.2) is 13.7 Å². The Hall–Kier alpha value is -3.84. The van der Waals surface area contributed by atoms with Crippen LogP contribution in [-0.2, 0) is 6.54 Å². The second-order valence-electron chi connectivity index (χ2n) is 9.60. The Balaban J connectivity index is 1.08. The quantitative estimate of drug-likeness (QED) is 0.146. The first-order valence-electron chi connectivity index (χ1n) is 13.0. The molecule has 0 aliphatic carbocycles. The van der Waals surface area contributed by atoms with Crippen LogP contribution in [0.5, 0.6) is 0 Å². The lowest BCUT2D eigenvalue weighted by Gasteiger charge is -2.31. The van der Waals surface area contributed by atoms with Gasteiger partial charge in [-0.15, -0.1) is 6.42 Å². The number of terminal acetylenes is 1. The number of H-pyrrole nitrogens is 1. The average molecular weight is 542 g/mol. The first kappa shape index (κ1) is 26.8. The van der Waals surface area contributed by atoms with Crippen LogP contribution in [-0.4, -0.2) is 38.4 Å². The van der Waals surface area contributed by atoms with E-state index in [-0.39, 0.29) is 5.82 Å². The van der Waals surface area contributed by atoms with Crippen molar-refractivity contribution in [1.29, 1.82) is 0 Å². The number of aromatic nitrogens is 3. The molecule has 1 saturated heterocycles. The van der Waals surface area contributed by atoms with Gasteiger partial charge in [0.1, 0.15) is 11.6 Å². The van der Waals surface area contributed by atoms with Gasteiger partial charge < -0.3 is 20.9 Å². The van der Waals surface area contributed by atoms with Crippen LogP contribution < -0.4 is 16.0 Å². The lowest BCUT2D eigenvalue weighted by atomic mass is 10.1. The summed E-state index contributed by atoms with van der Waals surface area (Å²) in [6.07, 6.45) is 9.49. The van der Waals surface area contributed by atoms with Crippen molar-refractivity contribution in [3.8, 4) is 12.3 Å². The number of rotatable bonds is 9. The topological polar surface area (TPSA) is 80.9 Å². The van der Waals surface area contributed by atoms with Gasteiger partial charge in [0.05, 0.1) is 5.69 Å². The first-order valence-corrected chi connectivity index (χ1v) is 13.8. The highest BCUT2D eigenvalue weighted by atomic mass is 32.2. The molecule has 200 valence electrons. The van der Waals surface area contributed by atoms with Crippen LogP contribution in [0, 0.1) is 32.0 Å². The summed E-state index contributed by atoms with van der Waals surface area (Å²) >= 11 is 1.79. The Bertz CT molecular complexity index is 1440. The van der Waals surface area contributed by atoms with Gasteiger partial charge in [0.2, 0.25) is 5.95 Å². The molecule has 0 spiro atoms. The second kappa shape index (κ2) is 12.3. The standard InChI is InChI=1S/C30H32FN7S/c1-4-28-20(2)27(21(3)34-28)19-33-23-14-17-38(18-15-23)39-26-11-9-25(10-12-26)36-30-32-16-13-29(37-30)35-24-7-5-22(31)6-8-24/h1,5-13,16,23,33-34H,14-15,17-19H2,2-3H3,(H2,32,35,36,37). The number of hydrogen-bond donors (Lipinski definition) is 4. The van der Waals surface area contributed by atoms with E-state index in [4.69, 9.17) is 6.42 Å². The highest BCUT2D eigenvalue weighted by molar-refractivity contribution is 7.97. The van der Waals surface area contributed by atoms with Gasteiger partial charge in [-0.05, 0) is 104 Å². The molecule has 2 aromatic carbocycles. The third-order valence-corrected chi connectivity index (χ3v) is 7.98. The van der Waals surface area contributed by atoms with E-state index >= 15 is 0 Å². The summed E-state index contributed by atoms with van der Waals surface area (Å²) in [5.41, 5.74) is 6.16. The van der Waals surface area contributed by atoms with Gasteiger partial charge in [0.25, 0.3) is 0 Å². The summed E-state index contributed by atoms with van der Waals surface area (Å²) in [7, 11) is 0. The van der Waals surface area contributed by atoms with Crippen molar-refractivity contribution >= 4 is 35.1 Å². The number of aryl methyl sites for hydroxylation is 1. The molecule has 9 heteroatoms. The lowest BCUT2D eigenvalue weighted by Crippen LogP contribution is -2.39. The Morgan fingerprint density at radius 2 is 1.72 bits per heavy atom. The van der Waals surface area contributed by atoms with Crippen molar-refractivity contribution < 1.29 is 4.39 Å². The summed E-state index contributed by atoms with van der Waals surface area (Å²) in [5, 5.41) is 10.1. The number of piperidine rings is 1. The van der Waals surface area contributed by atoms with Crippen molar-refractivity contribution in [3.63, 3.8) is 0 Å². The van der Waals surface area contributed by atoms with E-state index < -0.39 is 0 Å². The monoisotopic (exact) mass is 541 g/mol. The number of hydrogen-bond acceptors (Lipinski definition) is 7. The van der Waals surface area contributed by atoms with Crippen LogP contribution in [0.4, 0.5) is 27.5 Å². The molecule has 4 N–H and O–H groups in total. The van der Waals surface area contributed by atoms with Crippen molar-refractivity contribution in [2.24, 2.45) is 0 Å². The first-order chi connectivity index (χ1) is 19.0. The van der Waals surface area contributed by atoms with E-state index in [1.54, 1.807) is 36.3 Å². The summed E-state index contributed by atoms with van der Waals surface area (Å²) < 4.78 is 15.6. The molecule has 5 rings (SSSR count). The van der Waals surface area contributed by atoms with Crippen molar-refractivity contribution in [2.75, 3.05) is 23.7 Å². The predicted octanol–water partition coefficient (Wildman–Crippen LogP) is 6.29. The van der Waals surface area contributed by atoms with Crippen LogP contribution in [0.1, 0.15) is 35.4 Å². The Morgan fingerprint density at radius 3 is 2.41 bits per heavy atom. The van der Waals surface area contributed by atoms with Crippen molar-refractivity contribution in [2.45, 2.75) is 44.2 Å². The fraction of sp³-hybridized carbons (Fsp3) is 0.267. The minimum atomic E-state index is -0.276.